The number of hydrogen-bond donors (Lipinski definition) is 2. The molecule has 0 saturated carbocycles. The lowest BCUT2D eigenvalue weighted by atomic mass is 10.0. The molecule has 1 fully saturated rings. The van der Waals surface area contributed by atoms with E-state index < -0.39 is 0 Å². The summed E-state index contributed by atoms with van der Waals surface area (Å²) >= 11 is 0. The lowest BCUT2D eigenvalue weighted by molar-refractivity contribution is 0.198. The van der Waals surface area contributed by atoms with E-state index in [9.17, 15) is 0 Å². The Balaban J connectivity index is 0.00000280. The molecule has 0 unspecified atom stereocenters. The van der Waals surface area contributed by atoms with Crippen LogP contribution in [0, 0.1) is 0 Å². The number of guanidine groups is 1. The first-order valence-electron chi connectivity index (χ1n) is 9.63. The van der Waals surface area contributed by atoms with Crippen LogP contribution in [0.25, 0.3) is 0 Å². The molecule has 2 N–H and O–H groups in total. The summed E-state index contributed by atoms with van der Waals surface area (Å²) in [4.78, 5) is 6.90. The van der Waals surface area contributed by atoms with Gasteiger partial charge in [-0.3, -0.25) is 9.89 Å². The molecule has 0 spiro atoms. The maximum absolute atomic E-state index is 5.28. The van der Waals surface area contributed by atoms with Gasteiger partial charge < -0.3 is 15.4 Å². The van der Waals surface area contributed by atoms with E-state index in [1.165, 1.54) is 11.1 Å². The predicted octanol–water partition coefficient (Wildman–Crippen LogP) is 3.64. The van der Waals surface area contributed by atoms with Gasteiger partial charge in [0, 0.05) is 39.3 Å². The van der Waals surface area contributed by atoms with Crippen LogP contribution >= 0.6 is 24.0 Å². The minimum Gasteiger partial charge on any atom is -0.497 e. The fourth-order valence-electron chi connectivity index (χ4n) is 3.43. The Kier molecular flexibility index (Phi) is 9.57. The Morgan fingerprint density at radius 1 is 1.07 bits per heavy atom. The standard InChI is InChI=1S/C22H30N4O.HI/c1-23-22(24-16-19-9-6-10-21(15-19)27-2)25-20-11-13-26(14-12-20)17-18-7-4-3-5-8-18;/h3-10,15,20H,11-14,16-17H2,1-2H3,(H2,23,24,25);1H. The first kappa shape index (κ1) is 22.5. The van der Waals surface area contributed by atoms with E-state index in [1.54, 1.807) is 7.11 Å². The van der Waals surface area contributed by atoms with Crippen molar-refractivity contribution in [2.75, 3.05) is 27.2 Å². The van der Waals surface area contributed by atoms with Crippen molar-refractivity contribution in [1.82, 2.24) is 15.5 Å². The first-order chi connectivity index (χ1) is 13.3. The zero-order valence-electron chi connectivity index (χ0n) is 16.7. The first-order valence-corrected chi connectivity index (χ1v) is 9.63. The van der Waals surface area contributed by atoms with Crippen LogP contribution in [0.2, 0.25) is 0 Å². The average Bonchev–Trinajstić information content (AvgIpc) is 2.73. The van der Waals surface area contributed by atoms with Crippen molar-refractivity contribution in [3.05, 3.63) is 65.7 Å². The van der Waals surface area contributed by atoms with E-state index in [0.29, 0.717) is 6.04 Å². The molecule has 152 valence electrons. The Morgan fingerprint density at radius 3 is 2.46 bits per heavy atom. The number of rotatable bonds is 6. The Morgan fingerprint density at radius 2 is 1.79 bits per heavy atom. The van der Waals surface area contributed by atoms with E-state index >= 15 is 0 Å². The highest BCUT2D eigenvalue weighted by Gasteiger charge is 2.20. The number of nitrogens with zero attached hydrogens (tertiary/aromatic N) is 2. The third kappa shape index (κ3) is 6.98. The molecular formula is C22H31IN4O. The molecule has 5 nitrogen and oxygen atoms in total. The molecule has 28 heavy (non-hydrogen) atoms. The van der Waals surface area contributed by atoms with Gasteiger partial charge in [-0.1, -0.05) is 42.5 Å². The van der Waals surface area contributed by atoms with Crippen molar-refractivity contribution in [3.63, 3.8) is 0 Å². The Labute approximate surface area is 185 Å². The van der Waals surface area contributed by atoms with E-state index in [2.05, 4.69) is 56.9 Å². The molecule has 1 aliphatic heterocycles. The maximum atomic E-state index is 5.28. The molecule has 6 heteroatoms. The smallest absolute Gasteiger partial charge is 0.191 e. The van der Waals surface area contributed by atoms with Gasteiger partial charge in [-0.05, 0) is 36.1 Å². The Bertz CT molecular complexity index is 730. The molecule has 0 amide bonds. The van der Waals surface area contributed by atoms with Crippen LogP contribution in [0.15, 0.2) is 59.6 Å². The van der Waals surface area contributed by atoms with Crippen molar-refractivity contribution in [3.8, 4) is 5.75 Å². The highest BCUT2D eigenvalue weighted by molar-refractivity contribution is 14.0. The molecule has 1 saturated heterocycles. The summed E-state index contributed by atoms with van der Waals surface area (Å²) in [5, 5.41) is 6.97. The molecular weight excluding hydrogens is 463 g/mol. The molecule has 2 aromatic rings. The highest BCUT2D eigenvalue weighted by Crippen LogP contribution is 2.14. The van der Waals surface area contributed by atoms with E-state index in [4.69, 9.17) is 4.74 Å². The van der Waals surface area contributed by atoms with Crippen molar-refractivity contribution in [2.24, 2.45) is 4.99 Å². The van der Waals surface area contributed by atoms with Crippen molar-refractivity contribution in [1.29, 1.82) is 0 Å². The second-order valence-corrected chi connectivity index (χ2v) is 6.96. The predicted molar refractivity (Wildman–Crippen MR) is 126 cm³/mol. The van der Waals surface area contributed by atoms with E-state index in [-0.39, 0.29) is 24.0 Å². The number of hydrogen-bond acceptors (Lipinski definition) is 3. The number of benzene rings is 2. The molecule has 0 aliphatic carbocycles. The summed E-state index contributed by atoms with van der Waals surface area (Å²) in [6.07, 6.45) is 2.26. The van der Waals surface area contributed by atoms with Gasteiger partial charge in [0.2, 0.25) is 0 Å². The highest BCUT2D eigenvalue weighted by atomic mass is 127. The fourth-order valence-corrected chi connectivity index (χ4v) is 3.43. The summed E-state index contributed by atoms with van der Waals surface area (Å²) < 4.78 is 5.28. The van der Waals surface area contributed by atoms with Crippen LogP contribution in [0.3, 0.4) is 0 Å². The minimum atomic E-state index is 0. The molecule has 1 heterocycles. The molecule has 1 aliphatic rings. The number of ether oxygens (including phenoxy) is 1. The van der Waals surface area contributed by atoms with Crippen LogP contribution < -0.4 is 15.4 Å². The number of likely N-dealkylation sites (tertiary alicyclic amines) is 1. The van der Waals surface area contributed by atoms with Gasteiger partial charge in [0.25, 0.3) is 0 Å². The largest absolute Gasteiger partial charge is 0.497 e. The SMILES string of the molecule is CN=C(NCc1cccc(OC)c1)NC1CCN(Cc2ccccc2)CC1.I. The molecule has 0 atom stereocenters. The quantitative estimate of drug-likeness (QED) is 0.366. The van der Waals surface area contributed by atoms with Gasteiger partial charge in [0.1, 0.15) is 5.75 Å². The van der Waals surface area contributed by atoms with Gasteiger partial charge in [-0.25, -0.2) is 0 Å². The summed E-state index contributed by atoms with van der Waals surface area (Å²) in [5.41, 5.74) is 2.56. The zero-order chi connectivity index (χ0) is 18.9. The van der Waals surface area contributed by atoms with Gasteiger partial charge in [0.15, 0.2) is 5.96 Å². The molecule has 0 radical (unpaired) electrons. The van der Waals surface area contributed by atoms with Gasteiger partial charge in [-0.2, -0.15) is 0 Å². The van der Waals surface area contributed by atoms with Crippen LogP contribution in [-0.4, -0.2) is 44.1 Å². The van der Waals surface area contributed by atoms with Crippen LogP contribution in [0.1, 0.15) is 24.0 Å². The zero-order valence-corrected chi connectivity index (χ0v) is 19.1. The lowest BCUT2D eigenvalue weighted by Crippen LogP contribution is -2.48. The minimum absolute atomic E-state index is 0. The third-order valence-corrected chi connectivity index (χ3v) is 5.00. The molecule has 2 aromatic carbocycles. The number of piperidine rings is 1. The van der Waals surface area contributed by atoms with Crippen LogP contribution in [-0.2, 0) is 13.1 Å². The van der Waals surface area contributed by atoms with Gasteiger partial charge in [0.05, 0.1) is 7.11 Å². The number of methoxy groups -OCH3 is 1. The second-order valence-electron chi connectivity index (χ2n) is 6.96. The summed E-state index contributed by atoms with van der Waals surface area (Å²) in [6.45, 7) is 3.99. The lowest BCUT2D eigenvalue weighted by Gasteiger charge is -2.33. The summed E-state index contributed by atoms with van der Waals surface area (Å²) in [6, 6.07) is 19.3. The number of aliphatic imine (C=N–C) groups is 1. The van der Waals surface area contributed by atoms with Gasteiger partial charge in [-0.15, -0.1) is 24.0 Å². The van der Waals surface area contributed by atoms with Crippen molar-refractivity contribution in [2.45, 2.75) is 32.0 Å². The van der Waals surface area contributed by atoms with Crippen LogP contribution in [0.5, 0.6) is 5.75 Å². The van der Waals surface area contributed by atoms with Crippen molar-refractivity contribution >= 4 is 29.9 Å². The summed E-state index contributed by atoms with van der Waals surface area (Å²) in [7, 11) is 3.52. The molecule has 0 aromatic heterocycles. The topological polar surface area (TPSA) is 48.9 Å². The van der Waals surface area contributed by atoms with E-state index in [0.717, 1.165) is 50.7 Å². The number of halogens is 1. The van der Waals surface area contributed by atoms with Crippen molar-refractivity contribution < 1.29 is 4.74 Å². The van der Waals surface area contributed by atoms with Gasteiger partial charge >= 0.3 is 0 Å². The summed E-state index contributed by atoms with van der Waals surface area (Å²) in [5.74, 6) is 1.74. The van der Waals surface area contributed by atoms with Crippen LogP contribution in [0.4, 0.5) is 0 Å². The number of nitrogens with one attached hydrogen (secondary N) is 2. The Hall–Kier alpha value is -1.80. The molecule has 3 rings (SSSR count). The maximum Gasteiger partial charge on any atom is 0.191 e. The van der Waals surface area contributed by atoms with E-state index in [1.807, 2.05) is 25.2 Å². The fraction of sp³-hybridized carbons (Fsp3) is 0.409. The molecule has 0 bridgehead atoms. The third-order valence-electron chi connectivity index (χ3n) is 5.00. The normalized spacial score (nSPS) is 15.6. The second kappa shape index (κ2) is 11.9. The monoisotopic (exact) mass is 494 g/mol. The average molecular weight is 494 g/mol.